The van der Waals surface area contributed by atoms with Crippen molar-refractivity contribution in [2.45, 2.75) is 6.42 Å². The summed E-state index contributed by atoms with van der Waals surface area (Å²) in [5.74, 6) is 0.291. The number of carbonyl (C=O) groups excluding carboxylic acids is 1. The highest BCUT2D eigenvalue weighted by Crippen LogP contribution is 2.19. The highest BCUT2D eigenvalue weighted by atomic mass is 35.5. The van der Waals surface area contributed by atoms with E-state index in [0.717, 1.165) is 0 Å². The molecule has 0 saturated heterocycles. The van der Waals surface area contributed by atoms with Gasteiger partial charge in [-0.05, 0) is 18.2 Å². The maximum absolute atomic E-state index is 12.1. The van der Waals surface area contributed by atoms with Gasteiger partial charge >= 0.3 is 0 Å². The lowest BCUT2D eigenvalue weighted by atomic mass is 10.1. The lowest BCUT2D eigenvalue weighted by Crippen LogP contribution is -2.05. The summed E-state index contributed by atoms with van der Waals surface area (Å²) in [5, 5.41) is 5.01. The van der Waals surface area contributed by atoms with Crippen LogP contribution in [0.15, 0.2) is 36.7 Å². The minimum Gasteiger partial charge on any atom is -0.294 e. The van der Waals surface area contributed by atoms with Gasteiger partial charge in [0.15, 0.2) is 17.3 Å². The van der Waals surface area contributed by atoms with E-state index < -0.39 is 0 Å². The molecule has 7 heteroatoms. The molecule has 0 atom stereocenters. The van der Waals surface area contributed by atoms with Crippen molar-refractivity contribution in [3.8, 4) is 0 Å². The largest absolute Gasteiger partial charge is 0.294 e. The Morgan fingerprint density at radius 3 is 2.90 bits per heavy atom. The number of hydrogen-bond acceptors (Lipinski definition) is 4. The Bertz CT molecular complexity index is 786. The quantitative estimate of drug-likeness (QED) is 0.551. The van der Waals surface area contributed by atoms with Gasteiger partial charge in [0, 0.05) is 29.0 Å². The Morgan fingerprint density at radius 2 is 2.15 bits per heavy atom. The van der Waals surface area contributed by atoms with Crippen molar-refractivity contribution < 1.29 is 4.79 Å². The summed E-state index contributed by atoms with van der Waals surface area (Å²) in [6.07, 6.45) is 3.21. The normalized spacial score (nSPS) is 10.9. The number of aromatic nitrogens is 4. The van der Waals surface area contributed by atoms with Gasteiger partial charge in [-0.25, -0.2) is 9.50 Å². The van der Waals surface area contributed by atoms with Crippen LogP contribution < -0.4 is 0 Å². The fourth-order valence-corrected chi connectivity index (χ4v) is 2.31. The van der Waals surface area contributed by atoms with E-state index in [9.17, 15) is 4.79 Å². The summed E-state index contributed by atoms with van der Waals surface area (Å²) in [4.78, 5) is 20.2. The Labute approximate surface area is 124 Å². The highest BCUT2D eigenvalue weighted by Gasteiger charge is 2.13. The van der Waals surface area contributed by atoms with E-state index in [0.29, 0.717) is 27.2 Å². The van der Waals surface area contributed by atoms with Crippen LogP contribution in [0.3, 0.4) is 0 Å². The van der Waals surface area contributed by atoms with E-state index >= 15 is 0 Å². The smallest absolute Gasteiger partial charge is 0.172 e. The summed E-state index contributed by atoms with van der Waals surface area (Å²) in [7, 11) is 0. The van der Waals surface area contributed by atoms with Crippen LogP contribution in [0.1, 0.15) is 16.2 Å². The highest BCUT2D eigenvalue weighted by molar-refractivity contribution is 6.34. The summed E-state index contributed by atoms with van der Waals surface area (Å²) in [6, 6.07) is 6.62. The van der Waals surface area contributed by atoms with E-state index in [2.05, 4.69) is 15.1 Å². The first kappa shape index (κ1) is 13.0. The van der Waals surface area contributed by atoms with Gasteiger partial charge in [-0.1, -0.05) is 23.2 Å². The van der Waals surface area contributed by atoms with Gasteiger partial charge in [0.05, 0.1) is 6.42 Å². The van der Waals surface area contributed by atoms with Gasteiger partial charge in [0.2, 0.25) is 0 Å². The molecule has 0 saturated carbocycles. The van der Waals surface area contributed by atoms with Crippen molar-refractivity contribution in [2.24, 2.45) is 0 Å². The van der Waals surface area contributed by atoms with Crippen molar-refractivity contribution in [1.82, 2.24) is 19.6 Å². The Morgan fingerprint density at radius 1 is 1.30 bits per heavy atom. The number of halogens is 2. The number of fused-ring (bicyclic) bond motifs is 1. The average Bonchev–Trinajstić information content (AvgIpc) is 2.82. The van der Waals surface area contributed by atoms with Crippen molar-refractivity contribution in [3.05, 3.63) is 58.2 Å². The van der Waals surface area contributed by atoms with Crippen LogP contribution in [0.5, 0.6) is 0 Å². The second-order valence-electron chi connectivity index (χ2n) is 4.14. The topological polar surface area (TPSA) is 60.2 Å². The molecule has 0 aliphatic rings. The number of hydrogen-bond donors (Lipinski definition) is 0. The first-order chi connectivity index (χ1) is 9.63. The lowest BCUT2D eigenvalue weighted by Gasteiger charge is -1.96. The zero-order chi connectivity index (χ0) is 14.1. The summed E-state index contributed by atoms with van der Waals surface area (Å²) >= 11 is 11.9. The Balaban J connectivity index is 1.92. The minimum atomic E-state index is -0.101. The number of pyridine rings is 2. The van der Waals surface area contributed by atoms with Gasteiger partial charge in [-0.15, -0.1) is 5.10 Å². The van der Waals surface area contributed by atoms with E-state index in [4.69, 9.17) is 23.2 Å². The van der Waals surface area contributed by atoms with Gasteiger partial charge in [-0.3, -0.25) is 9.78 Å². The molecule has 0 radical (unpaired) electrons. The molecule has 20 heavy (non-hydrogen) atoms. The van der Waals surface area contributed by atoms with Crippen molar-refractivity contribution in [2.75, 3.05) is 0 Å². The third-order valence-corrected chi connectivity index (χ3v) is 3.19. The van der Waals surface area contributed by atoms with Crippen LogP contribution >= 0.6 is 23.2 Å². The second kappa shape index (κ2) is 5.19. The molecule has 0 bridgehead atoms. The van der Waals surface area contributed by atoms with Crippen molar-refractivity contribution in [1.29, 1.82) is 0 Å². The summed E-state index contributed by atoms with van der Waals surface area (Å²) in [6.45, 7) is 0. The fourth-order valence-electron chi connectivity index (χ4n) is 1.81. The van der Waals surface area contributed by atoms with Crippen molar-refractivity contribution in [3.63, 3.8) is 0 Å². The molecule has 0 N–H and O–H groups in total. The monoisotopic (exact) mass is 306 g/mol. The van der Waals surface area contributed by atoms with Gasteiger partial charge in [0.25, 0.3) is 0 Å². The number of nitrogens with zero attached hydrogens (tertiary/aromatic N) is 4. The third-order valence-electron chi connectivity index (χ3n) is 2.70. The maximum Gasteiger partial charge on any atom is 0.172 e. The molecule has 0 amide bonds. The molecule has 100 valence electrons. The van der Waals surface area contributed by atoms with Crippen LogP contribution in [0.25, 0.3) is 5.65 Å². The van der Waals surface area contributed by atoms with Crippen LogP contribution in [0.4, 0.5) is 0 Å². The molecule has 5 nitrogen and oxygen atoms in total. The molecule has 3 aromatic rings. The van der Waals surface area contributed by atoms with Gasteiger partial charge in [0.1, 0.15) is 5.15 Å². The molecule has 0 aromatic carbocycles. The fraction of sp³-hybridized carbons (Fsp3) is 0.0769. The molecule has 0 fully saturated rings. The van der Waals surface area contributed by atoms with E-state index in [1.807, 2.05) is 0 Å². The molecule has 3 heterocycles. The number of rotatable bonds is 3. The summed E-state index contributed by atoms with van der Waals surface area (Å²) in [5.41, 5.74) is 1.03. The molecular formula is C13H8Cl2N4O. The number of Topliss-reactive ketones (excluding diaryl/α,β-unsaturated/α-hetero) is 1. The molecule has 0 spiro atoms. The molecular weight excluding hydrogens is 299 g/mol. The molecule has 0 aliphatic heterocycles. The zero-order valence-electron chi connectivity index (χ0n) is 10.1. The molecule has 3 aromatic heterocycles. The second-order valence-corrected chi connectivity index (χ2v) is 4.96. The number of ketones is 1. The minimum absolute atomic E-state index is 0.0846. The lowest BCUT2D eigenvalue weighted by molar-refractivity contribution is 0.0990. The van der Waals surface area contributed by atoms with E-state index in [-0.39, 0.29) is 12.2 Å². The first-order valence-electron chi connectivity index (χ1n) is 5.77. The van der Waals surface area contributed by atoms with Crippen LogP contribution in [-0.2, 0) is 6.42 Å². The molecule has 0 unspecified atom stereocenters. The van der Waals surface area contributed by atoms with Crippen LogP contribution in [0.2, 0.25) is 10.2 Å². The van der Waals surface area contributed by atoms with E-state index in [1.165, 1.54) is 10.7 Å². The van der Waals surface area contributed by atoms with Gasteiger partial charge in [-0.2, -0.15) is 0 Å². The predicted molar refractivity (Wildman–Crippen MR) is 75.3 cm³/mol. The standard InChI is InChI=1S/C13H8Cl2N4O/c14-9-4-11(15)19-13(5-9)17-12(18-19)6-10(20)8-2-1-3-16-7-8/h1-5,7H,6H2. The number of carbonyl (C=O) groups is 1. The molecule has 0 aliphatic carbocycles. The maximum atomic E-state index is 12.1. The third kappa shape index (κ3) is 2.50. The predicted octanol–water partition coefficient (Wildman–Crippen LogP) is 2.86. The summed E-state index contributed by atoms with van der Waals surface area (Å²) < 4.78 is 1.44. The molecule has 3 rings (SSSR count). The Kier molecular flexibility index (Phi) is 3.38. The first-order valence-corrected chi connectivity index (χ1v) is 6.53. The van der Waals surface area contributed by atoms with E-state index in [1.54, 1.807) is 30.5 Å². The zero-order valence-corrected chi connectivity index (χ0v) is 11.6. The van der Waals surface area contributed by atoms with Gasteiger partial charge < -0.3 is 0 Å². The van der Waals surface area contributed by atoms with Crippen LogP contribution in [0, 0.1) is 0 Å². The van der Waals surface area contributed by atoms with Crippen LogP contribution in [-0.4, -0.2) is 25.4 Å². The average molecular weight is 307 g/mol. The SMILES string of the molecule is O=C(Cc1nc2cc(Cl)cc(Cl)n2n1)c1cccnc1. The Hall–Kier alpha value is -1.98. The van der Waals surface area contributed by atoms with Crippen molar-refractivity contribution >= 4 is 34.6 Å².